The monoisotopic (exact) mass is 335 g/mol. The van der Waals surface area contributed by atoms with Crippen molar-refractivity contribution in [1.29, 1.82) is 0 Å². The van der Waals surface area contributed by atoms with E-state index in [4.69, 9.17) is 15.2 Å². The average Bonchev–Trinajstić information content (AvgIpc) is 3.10. The van der Waals surface area contributed by atoms with Crippen LogP contribution in [0.15, 0.2) is 23.6 Å². The highest BCUT2D eigenvalue weighted by Crippen LogP contribution is 2.23. The Labute approximate surface area is 139 Å². The van der Waals surface area contributed by atoms with E-state index in [9.17, 15) is 0 Å². The third kappa shape index (κ3) is 4.10. The number of ether oxygens (including phenoxy) is 2. The second kappa shape index (κ2) is 7.58. The number of anilines is 3. The molecule has 7 nitrogen and oxygen atoms in total. The zero-order valence-electron chi connectivity index (χ0n) is 13.1. The van der Waals surface area contributed by atoms with E-state index in [2.05, 4.69) is 26.3 Å². The van der Waals surface area contributed by atoms with Crippen molar-refractivity contribution in [3.8, 4) is 0 Å². The highest BCUT2D eigenvalue weighted by molar-refractivity contribution is 7.10. The Morgan fingerprint density at radius 1 is 1.43 bits per heavy atom. The van der Waals surface area contributed by atoms with Crippen LogP contribution >= 0.6 is 11.3 Å². The molecule has 0 aromatic carbocycles. The van der Waals surface area contributed by atoms with Gasteiger partial charge in [-0.3, -0.25) is 0 Å². The molecule has 1 fully saturated rings. The number of morpholine rings is 1. The number of thiophene rings is 1. The summed E-state index contributed by atoms with van der Waals surface area (Å²) in [6, 6.07) is 6.00. The number of rotatable bonds is 6. The Balaban J connectivity index is 1.68. The van der Waals surface area contributed by atoms with E-state index in [1.807, 2.05) is 17.5 Å². The van der Waals surface area contributed by atoms with Crippen LogP contribution in [0.4, 0.5) is 17.6 Å². The van der Waals surface area contributed by atoms with Gasteiger partial charge < -0.3 is 25.4 Å². The maximum Gasteiger partial charge on any atom is 0.223 e. The standard InChI is InChI=1S/C15H21N5O2S/c1-21-11(12-3-2-8-23-12)10-17-13-9-14(19-15(16)18-13)20-4-6-22-7-5-20/h2-3,8-9,11H,4-7,10H2,1H3,(H3,16,17,18,19). The number of hydrogen-bond donors (Lipinski definition) is 2. The van der Waals surface area contributed by atoms with E-state index >= 15 is 0 Å². The van der Waals surface area contributed by atoms with Gasteiger partial charge in [0.1, 0.15) is 17.7 Å². The van der Waals surface area contributed by atoms with Crippen LogP contribution in [0.5, 0.6) is 0 Å². The summed E-state index contributed by atoms with van der Waals surface area (Å²) in [5.41, 5.74) is 5.85. The summed E-state index contributed by atoms with van der Waals surface area (Å²) < 4.78 is 10.9. The van der Waals surface area contributed by atoms with Crippen molar-refractivity contribution in [3.63, 3.8) is 0 Å². The molecule has 23 heavy (non-hydrogen) atoms. The summed E-state index contributed by atoms with van der Waals surface area (Å²) in [5.74, 6) is 1.80. The largest absolute Gasteiger partial charge is 0.378 e. The normalized spacial score (nSPS) is 16.3. The number of nitrogens with zero attached hydrogens (tertiary/aromatic N) is 3. The molecule has 1 aliphatic heterocycles. The second-order valence-electron chi connectivity index (χ2n) is 5.19. The first-order chi connectivity index (χ1) is 11.3. The van der Waals surface area contributed by atoms with Crippen LogP contribution in [-0.4, -0.2) is 49.9 Å². The highest BCUT2D eigenvalue weighted by atomic mass is 32.1. The Morgan fingerprint density at radius 3 is 2.96 bits per heavy atom. The lowest BCUT2D eigenvalue weighted by Crippen LogP contribution is -2.37. The molecular formula is C15H21N5O2S. The average molecular weight is 335 g/mol. The number of hydrogen-bond acceptors (Lipinski definition) is 8. The summed E-state index contributed by atoms with van der Waals surface area (Å²) in [6.45, 7) is 3.65. The van der Waals surface area contributed by atoms with Gasteiger partial charge in [0.2, 0.25) is 5.95 Å². The quantitative estimate of drug-likeness (QED) is 0.832. The Bertz CT molecular complexity index is 616. The molecule has 0 aliphatic carbocycles. The molecule has 3 N–H and O–H groups in total. The summed E-state index contributed by atoms with van der Waals surface area (Å²) in [5, 5.41) is 5.34. The first-order valence-electron chi connectivity index (χ1n) is 7.53. The smallest absolute Gasteiger partial charge is 0.223 e. The molecule has 0 saturated carbocycles. The number of nitrogens with two attached hydrogens (primary N) is 1. The van der Waals surface area contributed by atoms with Crippen molar-refractivity contribution in [3.05, 3.63) is 28.5 Å². The fraction of sp³-hybridized carbons (Fsp3) is 0.467. The first-order valence-corrected chi connectivity index (χ1v) is 8.41. The van der Waals surface area contributed by atoms with Crippen molar-refractivity contribution in [2.45, 2.75) is 6.10 Å². The fourth-order valence-corrected chi connectivity index (χ4v) is 3.27. The summed E-state index contributed by atoms with van der Waals surface area (Å²) in [4.78, 5) is 11.9. The third-order valence-electron chi connectivity index (χ3n) is 3.68. The predicted octanol–water partition coefficient (Wildman–Crippen LogP) is 1.76. The number of methoxy groups -OCH3 is 1. The molecule has 1 aliphatic rings. The van der Waals surface area contributed by atoms with Crippen molar-refractivity contribution in [2.75, 3.05) is 55.9 Å². The van der Waals surface area contributed by atoms with E-state index < -0.39 is 0 Å². The Kier molecular flexibility index (Phi) is 5.27. The van der Waals surface area contributed by atoms with E-state index in [0.717, 1.165) is 18.9 Å². The van der Waals surface area contributed by atoms with E-state index in [1.165, 1.54) is 4.88 Å². The molecule has 1 saturated heterocycles. The summed E-state index contributed by atoms with van der Waals surface area (Å²) in [7, 11) is 1.71. The molecule has 2 aromatic heterocycles. The molecule has 0 bridgehead atoms. The van der Waals surface area contributed by atoms with Crippen LogP contribution in [0.3, 0.4) is 0 Å². The van der Waals surface area contributed by atoms with Crippen molar-refractivity contribution in [1.82, 2.24) is 9.97 Å². The van der Waals surface area contributed by atoms with Crippen LogP contribution in [0.1, 0.15) is 11.0 Å². The zero-order chi connectivity index (χ0) is 16.1. The van der Waals surface area contributed by atoms with E-state index in [-0.39, 0.29) is 12.1 Å². The summed E-state index contributed by atoms with van der Waals surface area (Å²) in [6.07, 6.45) is -0.0157. The second-order valence-corrected chi connectivity index (χ2v) is 6.17. The molecule has 1 unspecified atom stereocenters. The molecule has 3 heterocycles. The molecular weight excluding hydrogens is 314 g/mol. The van der Waals surface area contributed by atoms with Crippen molar-refractivity contribution < 1.29 is 9.47 Å². The molecule has 124 valence electrons. The fourth-order valence-electron chi connectivity index (χ4n) is 2.47. The van der Waals surface area contributed by atoms with Gasteiger partial charge in [0.25, 0.3) is 0 Å². The maximum atomic E-state index is 5.85. The maximum absolute atomic E-state index is 5.85. The SMILES string of the molecule is COC(CNc1cc(N2CCOCC2)nc(N)n1)c1cccs1. The molecule has 1 atom stereocenters. The minimum Gasteiger partial charge on any atom is -0.378 e. The van der Waals surface area contributed by atoms with Gasteiger partial charge in [0, 0.05) is 37.7 Å². The Hall–Kier alpha value is -1.90. The predicted molar refractivity (Wildman–Crippen MR) is 92.0 cm³/mol. The van der Waals surface area contributed by atoms with Crippen LogP contribution in [0.25, 0.3) is 0 Å². The molecule has 0 amide bonds. The molecule has 2 aromatic rings. The van der Waals surface area contributed by atoms with Crippen LogP contribution in [0.2, 0.25) is 0 Å². The Morgan fingerprint density at radius 2 is 2.26 bits per heavy atom. The van der Waals surface area contributed by atoms with Crippen molar-refractivity contribution >= 4 is 28.9 Å². The van der Waals surface area contributed by atoms with Gasteiger partial charge in [0.05, 0.1) is 13.2 Å². The number of nitrogens with one attached hydrogen (secondary N) is 1. The van der Waals surface area contributed by atoms with Gasteiger partial charge in [-0.15, -0.1) is 11.3 Å². The molecule has 8 heteroatoms. The van der Waals surface area contributed by atoms with E-state index in [1.54, 1.807) is 18.4 Å². The van der Waals surface area contributed by atoms with E-state index in [0.29, 0.717) is 25.6 Å². The molecule has 0 radical (unpaired) electrons. The molecule has 3 rings (SSSR count). The van der Waals surface area contributed by atoms with Crippen LogP contribution in [-0.2, 0) is 9.47 Å². The van der Waals surface area contributed by atoms with Crippen molar-refractivity contribution in [2.24, 2.45) is 0 Å². The lowest BCUT2D eigenvalue weighted by atomic mass is 10.3. The molecule has 0 spiro atoms. The minimum atomic E-state index is -0.0157. The van der Waals surface area contributed by atoms with Crippen LogP contribution < -0.4 is 16.0 Å². The van der Waals surface area contributed by atoms with Gasteiger partial charge in [-0.25, -0.2) is 0 Å². The highest BCUT2D eigenvalue weighted by Gasteiger charge is 2.16. The first kappa shape index (κ1) is 16.0. The topological polar surface area (TPSA) is 85.5 Å². The lowest BCUT2D eigenvalue weighted by Gasteiger charge is -2.28. The van der Waals surface area contributed by atoms with Gasteiger partial charge >= 0.3 is 0 Å². The third-order valence-corrected chi connectivity index (χ3v) is 4.64. The number of aromatic nitrogens is 2. The minimum absolute atomic E-state index is 0.0157. The van der Waals surface area contributed by atoms with Crippen LogP contribution in [0, 0.1) is 0 Å². The van der Waals surface area contributed by atoms with Gasteiger partial charge in [-0.1, -0.05) is 6.07 Å². The van der Waals surface area contributed by atoms with Gasteiger partial charge in [-0.05, 0) is 11.4 Å². The van der Waals surface area contributed by atoms with Gasteiger partial charge in [-0.2, -0.15) is 9.97 Å². The van der Waals surface area contributed by atoms with Gasteiger partial charge in [0.15, 0.2) is 0 Å². The lowest BCUT2D eigenvalue weighted by molar-refractivity contribution is 0.117. The summed E-state index contributed by atoms with van der Waals surface area (Å²) >= 11 is 1.68. The number of nitrogen functional groups attached to an aromatic ring is 1. The zero-order valence-corrected chi connectivity index (χ0v) is 13.9.